The van der Waals surface area contributed by atoms with Gasteiger partial charge in [-0.15, -0.1) is 0 Å². The Bertz CT molecular complexity index is 153. The fourth-order valence-electron chi connectivity index (χ4n) is 1.02. The van der Waals surface area contributed by atoms with Gasteiger partial charge in [0.15, 0.2) is 6.10 Å². The molecule has 3 nitrogen and oxygen atoms in total. The Balaban J connectivity index is 2.35. The van der Waals surface area contributed by atoms with Crippen LogP contribution in [0.1, 0.15) is 27.2 Å². The standard InChI is InChI=1S/C8H14O3/c1-5(2)4-7-10-6(3)8(9)11-7/h5-7H,4H2,1-3H3/t6-,7+/m0/s1. The van der Waals surface area contributed by atoms with E-state index in [0.717, 1.165) is 6.42 Å². The molecule has 0 aromatic rings. The molecule has 2 atom stereocenters. The summed E-state index contributed by atoms with van der Waals surface area (Å²) in [7, 11) is 0. The maximum atomic E-state index is 10.8. The molecule has 1 aliphatic rings. The van der Waals surface area contributed by atoms with Crippen molar-refractivity contribution in [2.45, 2.75) is 39.6 Å². The number of carbonyl (C=O) groups excluding carboxylic acids is 1. The molecule has 0 amide bonds. The van der Waals surface area contributed by atoms with Gasteiger partial charge in [0.25, 0.3) is 0 Å². The fraction of sp³-hybridized carbons (Fsp3) is 0.875. The van der Waals surface area contributed by atoms with Crippen molar-refractivity contribution >= 4 is 5.97 Å². The van der Waals surface area contributed by atoms with Crippen molar-refractivity contribution in [3.8, 4) is 0 Å². The van der Waals surface area contributed by atoms with E-state index < -0.39 is 0 Å². The van der Waals surface area contributed by atoms with Crippen molar-refractivity contribution in [1.29, 1.82) is 0 Å². The average molecular weight is 158 g/mol. The van der Waals surface area contributed by atoms with Gasteiger partial charge in [-0.05, 0) is 12.8 Å². The van der Waals surface area contributed by atoms with Crippen molar-refractivity contribution in [1.82, 2.24) is 0 Å². The summed E-state index contributed by atoms with van der Waals surface area (Å²) in [6.45, 7) is 5.85. The second kappa shape index (κ2) is 3.22. The zero-order chi connectivity index (χ0) is 8.43. The van der Waals surface area contributed by atoms with Crippen molar-refractivity contribution < 1.29 is 14.3 Å². The number of hydrogen-bond donors (Lipinski definition) is 0. The largest absolute Gasteiger partial charge is 0.434 e. The molecule has 0 bridgehead atoms. The monoisotopic (exact) mass is 158 g/mol. The van der Waals surface area contributed by atoms with Crippen LogP contribution in [0.15, 0.2) is 0 Å². The molecule has 1 fully saturated rings. The summed E-state index contributed by atoms with van der Waals surface area (Å²) >= 11 is 0. The summed E-state index contributed by atoms with van der Waals surface area (Å²) in [6.07, 6.45) is 0.104. The number of esters is 1. The van der Waals surface area contributed by atoms with Crippen molar-refractivity contribution in [2.75, 3.05) is 0 Å². The predicted molar refractivity (Wildman–Crippen MR) is 39.9 cm³/mol. The number of cyclic esters (lactones) is 1. The summed E-state index contributed by atoms with van der Waals surface area (Å²) in [6, 6.07) is 0. The molecule has 0 aromatic heterocycles. The zero-order valence-electron chi connectivity index (χ0n) is 7.16. The third-order valence-electron chi connectivity index (χ3n) is 1.60. The normalized spacial score (nSPS) is 31.1. The zero-order valence-corrected chi connectivity index (χ0v) is 7.16. The molecule has 64 valence electrons. The number of hydrogen-bond acceptors (Lipinski definition) is 3. The Morgan fingerprint density at radius 2 is 2.18 bits per heavy atom. The maximum absolute atomic E-state index is 10.8. The minimum atomic E-state index is -0.376. The molecule has 0 unspecified atom stereocenters. The molecule has 0 saturated carbocycles. The van der Waals surface area contributed by atoms with Gasteiger partial charge >= 0.3 is 5.97 Å². The van der Waals surface area contributed by atoms with E-state index in [4.69, 9.17) is 9.47 Å². The lowest BCUT2D eigenvalue weighted by Gasteiger charge is -2.10. The summed E-state index contributed by atoms with van der Waals surface area (Å²) in [5.41, 5.74) is 0. The van der Waals surface area contributed by atoms with E-state index in [1.807, 2.05) is 0 Å². The summed E-state index contributed by atoms with van der Waals surface area (Å²) in [4.78, 5) is 10.8. The number of rotatable bonds is 2. The minimum Gasteiger partial charge on any atom is -0.434 e. The molecule has 1 saturated heterocycles. The second-order valence-corrected chi connectivity index (χ2v) is 3.27. The Hall–Kier alpha value is -0.570. The molecule has 1 aliphatic heterocycles. The lowest BCUT2D eigenvalue weighted by Crippen LogP contribution is -2.12. The maximum Gasteiger partial charge on any atom is 0.337 e. The van der Waals surface area contributed by atoms with Crippen molar-refractivity contribution in [2.24, 2.45) is 5.92 Å². The van der Waals surface area contributed by atoms with E-state index in [1.54, 1.807) is 6.92 Å². The summed E-state index contributed by atoms with van der Waals surface area (Å²) in [5.74, 6) is 0.258. The van der Waals surface area contributed by atoms with Gasteiger partial charge in [0.1, 0.15) is 0 Å². The first-order valence-corrected chi connectivity index (χ1v) is 3.95. The first-order chi connectivity index (χ1) is 5.09. The van der Waals surface area contributed by atoms with E-state index in [1.165, 1.54) is 0 Å². The van der Waals surface area contributed by atoms with E-state index in [0.29, 0.717) is 5.92 Å². The molecule has 0 N–H and O–H groups in total. The van der Waals surface area contributed by atoms with E-state index in [-0.39, 0.29) is 18.4 Å². The highest BCUT2D eigenvalue weighted by atomic mass is 16.7. The van der Waals surface area contributed by atoms with Crippen molar-refractivity contribution in [3.63, 3.8) is 0 Å². The molecule has 3 heteroatoms. The van der Waals surface area contributed by atoms with Crippen LogP contribution in [0.4, 0.5) is 0 Å². The lowest BCUT2D eigenvalue weighted by molar-refractivity contribution is -0.144. The van der Waals surface area contributed by atoms with Gasteiger partial charge in [-0.25, -0.2) is 4.79 Å². The number of ether oxygens (including phenoxy) is 2. The van der Waals surface area contributed by atoms with Gasteiger partial charge in [0.05, 0.1) is 0 Å². The molecule has 1 rings (SSSR count). The molecular formula is C8H14O3. The van der Waals surface area contributed by atoms with Crippen LogP contribution < -0.4 is 0 Å². The summed E-state index contributed by atoms with van der Waals surface area (Å²) in [5, 5.41) is 0. The van der Waals surface area contributed by atoms with Gasteiger partial charge in [-0.1, -0.05) is 13.8 Å². The second-order valence-electron chi connectivity index (χ2n) is 3.27. The summed E-state index contributed by atoms with van der Waals surface area (Å²) < 4.78 is 10.1. The van der Waals surface area contributed by atoms with Gasteiger partial charge in [0.2, 0.25) is 6.29 Å². The van der Waals surface area contributed by atoms with Crippen LogP contribution >= 0.6 is 0 Å². The van der Waals surface area contributed by atoms with Gasteiger partial charge < -0.3 is 9.47 Å². The average Bonchev–Trinajstić information content (AvgIpc) is 2.10. The molecule has 0 spiro atoms. The van der Waals surface area contributed by atoms with Crippen LogP contribution in [-0.2, 0) is 14.3 Å². The topological polar surface area (TPSA) is 35.5 Å². The Labute approximate surface area is 66.7 Å². The van der Waals surface area contributed by atoms with Crippen LogP contribution in [0.25, 0.3) is 0 Å². The highest BCUT2D eigenvalue weighted by Gasteiger charge is 2.31. The van der Waals surface area contributed by atoms with E-state index in [9.17, 15) is 4.79 Å². The molecule has 0 radical (unpaired) electrons. The van der Waals surface area contributed by atoms with Crippen LogP contribution in [0.3, 0.4) is 0 Å². The molecule has 0 aliphatic carbocycles. The smallest absolute Gasteiger partial charge is 0.337 e. The molecular weight excluding hydrogens is 144 g/mol. The highest BCUT2D eigenvalue weighted by molar-refractivity contribution is 5.75. The SMILES string of the molecule is CC(C)C[C@H]1OC(=O)[C@H](C)O1. The Kier molecular flexibility index (Phi) is 2.49. The van der Waals surface area contributed by atoms with Crippen LogP contribution in [0, 0.1) is 5.92 Å². The predicted octanol–water partition coefficient (Wildman–Crippen LogP) is 1.32. The molecule has 0 aromatic carbocycles. The lowest BCUT2D eigenvalue weighted by atomic mass is 10.1. The molecule has 11 heavy (non-hydrogen) atoms. The van der Waals surface area contributed by atoms with E-state index >= 15 is 0 Å². The first kappa shape index (κ1) is 8.53. The van der Waals surface area contributed by atoms with Crippen LogP contribution in [0.2, 0.25) is 0 Å². The third kappa shape index (κ3) is 2.19. The van der Waals surface area contributed by atoms with Crippen LogP contribution in [0.5, 0.6) is 0 Å². The van der Waals surface area contributed by atoms with Gasteiger partial charge in [-0.3, -0.25) is 0 Å². The van der Waals surface area contributed by atoms with Crippen molar-refractivity contribution in [3.05, 3.63) is 0 Å². The van der Waals surface area contributed by atoms with Crippen LogP contribution in [-0.4, -0.2) is 18.4 Å². The first-order valence-electron chi connectivity index (χ1n) is 3.95. The third-order valence-corrected chi connectivity index (χ3v) is 1.60. The Morgan fingerprint density at radius 1 is 1.55 bits per heavy atom. The highest BCUT2D eigenvalue weighted by Crippen LogP contribution is 2.18. The molecule has 1 heterocycles. The Morgan fingerprint density at radius 3 is 2.55 bits per heavy atom. The minimum absolute atomic E-state index is 0.240. The van der Waals surface area contributed by atoms with Gasteiger partial charge in [0, 0.05) is 6.42 Å². The number of carbonyl (C=O) groups is 1. The fourth-order valence-corrected chi connectivity index (χ4v) is 1.02. The van der Waals surface area contributed by atoms with E-state index in [2.05, 4.69) is 13.8 Å². The van der Waals surface area contributed by atoms with Gasteiger partial charge in [-0.2, -0.15) is 0 Å². The quantitative estimate of drug-likeness (QED) is 0.568.